The van der Waals surface area contributed by atoms with E-state index in [1.165, 1.54) is 17.8 Å². The van der Waals surface area contributed by atoms with E-state index in [-0.39, 0.29) is 23.3 Å². The number of aromatic nitrogens is 3. The maximum atomic E-state index is 12.8. The molecule has 0 bridgehead atoms. The summed E-state index contributed by atoms with van der Waals surface area (Å²) in [5.41, 5.74) is 1.26. The van der Waals surface area contributed by atoms with Crippen LogP contribution in [-0.4, -0.2) is 50.8 Å². The molecular formula is C18H22N4O3S. The number of pyridine rings is 1. The van der Waals surface area contributed by atoms with Crippen LogP contribution in [0.15, 0.2) is 40.4 Å². The van der Waals surface area contributed by atoms with Crippen LogP contribution in [0, 0.1) is 6.92 Å². The van der Waals surface area contributed by atoms with E-state index in [0.717, 1.165) is 25.1 Å². The number of hydrogen-bond acceptors (Lipinski definition) is 6. The number of nitrogens with one attached hydrogen (secondary N) is 1. The highest BCUT2D eigenvalue weighted by atomic mass is 32.2. The second-order valence-corrected chi connectivity index (χ2v) is 7.18. The molecule has 1 amide bonds. The summed E-state index contributed by atoms with van der Waals surface area (Å²) in [4.78, 5) is 37.3. The molecule has 2 aromatic heterocycles. The number of hydrogen-bond donors (Lipinski definition) is 1. The maximum absolute atomic E-state index is 12.8. The predicted molar refractivity (Wildman–Crippen MR) is 98.9 cm³/mol. The molecule has 0 spiro atoms. The first-order valence-corrected chi connectivity index (χ1v) is 9.59. The highest BCUT2D eigenvalue weighted by Crippen LogP contribution is 2.17. The minimum absolute atomic E-state index is 0.0275. The van der Waals surface area contributed by atoms with Gasteiger partial charge in [0.15, 0.2) is 5.16 Å². The molecule has 0 aromatic carbocycles. The van der Waals surface area contributed by atoms with Crippen molar-refractivity contribution in [2.45, 2.75) is 37.6 Å². The fourth-order valence-electron chi connectivity index (χ4n) is 2.82. The van der Waals surface area contributed by atoms with Crippen molar-refractivity contribution in [3.05, 3.63) is 52.2 Å². The Morgan fingerprint density at radius 2 is 2.35 bits per heavy atom. The summed E-state index contributed by atoms with van der Waals surface area (Å²) in [5, 5.41) is 0.457. The fourth-order valence-corrected chi connectivity index (χ4v) is 3.64. The molecular weight excluding hydrogens is 352 g/mol. The van der Waals surface area contributed by atoms with E-state index < -0.39 is 0 Å². The Bertz CT molecular complexity index is 791. The normalized spacial score (nSPS) is 16.6. The lowest BCUT2D eigenvalue weighted by atomic mass is 10.2. The highest BCUT2D eigenvalue weighted by molar-refractivity contribution is 7.99. The third-order valence-corrected chi connectivity index (χ3v) is 4.92. The van der Waals surface area contributed by atoms with Crippen molar-refractivity contribution < 1.29 is 9.53 Å². The number of amides is 1. The van der Waals surface area contributed by atoms with Gasteiger partial charge in [0.2, 0.25) is 5.91 Å². The Labute approximate surface area is 156 Å². The molecule has 8 heteroatoms. The lowest BCUT2D eigenvalue weighted by Crippen LogP contribution is -2.38. The molecule has 138 valence electrons. The Kier molecular flexibility index (Phi) is 6.40. The molecule has 3 rings (SSSR count). The average molecular weight is 374 g/mol. The molecule has 0 radical (unpaired) electrons. The van der Waals surface area contributed by atoms with Gasteiger partial charge >= 0.3 is 0 Å². The number of thioether (sulfide) groups is 1. The van der Waals surface area contributed by atoms with Gasteiger partial charge in [-0.25, -0.2) is 4.98 Å². The second kappa shape index (κ2) is 8.95. The zero-order chi connectivity index (χ0) is 18.4. The lowest BCUT2D eigenvalue weighted by Gasteiger charge is -2.25. The fraction of sp³-hybridized carbons (Fsp3) is 0.444. The van der Waals surface area contributed by atoms with Crippen molar-refractivity contribution >= 4 is 17.7 Å². The van der Waals surface area contributed by atoms with E-state index >= 15 is 0 Å². The Balaban J connectivity index is 1.65. The van der Waals surface area contributed by atoms with E-state index in [1.807, 2.05) is 18.2 Å². The van der Waals surface area contributed by atoms with Gasteiger partial charge in [0.25, 0.3) is 5.56 Å². The van der Waals surface area contributed by atoms with Crippen LogP contribution in [0.25, 0.3) is 0 Å². The monoisotopic (exact) mass is 374 g/mol. The summed E-state index contributed by atoms with van der Waals surface area (Å²) >= 11 is 1.23. The molecule has 0 aliphatic carbocycles. The number of nitrogens with zero attached hydrogens (tertiary/aromatic N) is 3. The third-order valence-electron chi connectivity index (χ3n) is 4.06. The minimum atomic E-state index is -0.211. The average Bonchev–Trinajstić information content (AvgIpc) is 3.12. The van der Waals surface area contributed by atoms with Gasteiger partial charge in [0, 0.05) is 31.1 Å². The van der Waals surface area contributed by atoms with Gasteiger partial charge in [-0.1, -0.05) is 17.8 Å². The number of rotatable bonds is 7. The number of carbonyl (C=O) groups excluding carboxylic acids is 1. The minimum Gasteiger partial charge on any atom is -0.376 e. The molecule has 1 N–H and O–H groups in total. The topological polar surface area (TPSA) is 88.2 Å². The summed E-state index contributed by atoms with van der Waals surface area (Å²) in [6, 6.07) is 7.10. The number of aryl methyl sites for hydroxylation is 1. The largest absolute Gasteiger partial charge is 0.376 e. The van der Waals surface area contributed by atoms with E-state index in [0.29, 0.717) is 23.9 Å². The molecule has 1 aliphatic heterocycles. The number of aromatic amines is 1. The molecule has 26 heavy (non-hydrogen) atoms. The molecule has 0 saturated carbocycles. The van der Waals surface area contributed by atoms with Crippen molar-refractivity contribution in [1.29, 1.82) is 0 Å². The third kappa shape index (κ3) is 5.40. The molecule has 7 nitrogen and oxygen atoms in total. The predicted octanol–water partition coefficient (Wildman–Crippen LogP) is 1.77. The standard InChI is InChI=1S/C18H22N4O3S/c1-13-9-16(23)21-18(20-13)26-12-17(24)22(11-15-6-4-8-25-15)10-14-5-2-3-7-19-14/h2-3,5,7,9,15H,4,6,8,10-12H2,1H3,(H,20,21,23). The van der Waals surface area contributed by atoms with E-state index in [4.69, 9.17) is 4.74 Å². The summed E-state index contributed by atoms with van der Waals surface area (Å²) in [6.45, 7) is 3.50. The summed E-state index contributed by atoms with van der Waals surface area (Å²) in [5.74, 6) is 0.173. The van der Waals surface area contributed by atoms with E-state index in [2.05, 4.69) is 15.0 Å². The number of H-pyrrole nitrogens is 1. The van der Waals surface area contributed by atoms with Crippen LogP contribution in [0.2, 0.25) is 0 Å². The molecule has 1 unspecified atom stereocenters. The highest BCUT2D eigenvalue weighted by Gasteiger charge is 2.23. The zero-order valence-electron chi connectivity index (χ0n) is 14.7. The smallest absolute Gasteiger partial charge is 0.251 e. The summed E-state index contributed by atoms with van der Waals surface area (Å²) in [7, 11) is 0. The zero-order valence-corrected chi connectivity index (χ0v) is 15.5. The van der Waals surface area contributed by atoms with Crippen LogP contribution in [0.3, 0.4) is 0 Å². The SMILES string of the molecule is Cc1cc(=O)[nH]c(SCC(=O)N(Cc2ccccn2)CC2CCCO2)n1. The Morgan fingerprint density at radius 1 is 1.46 bits per heavy atom. The van der Waals surface area contributed by atoms with Gasteiger partial charge < -0.3 is 14.6 Å². The van der Waals surface area contributed by atoms with Crippen LogP contribution in [0.5, 0.6) is 0 Å². The number of ether oxygens (including phenoxy) is 1. The van der Waals surface area contributed by atoms with Gasteiger partial charge in [-0.05, 0) is 31.9 Å². The second-order valence-electron chi connectivity index (χ2n) is 6.21. The van der Waals surface area contributed by atoms with Crippen LogP contribution >= 0.6 is 11.8 Å². The van der Waals surface area contributed by atoms with Crippen molar-refractivity contribution in [1.82, 2.24) is 19.9 Å². The van der Waals surface area contributed by atoms with Gasteiger partial charge in [-0.2, -0.15) is 0 Å². The van der Waals surface area contributed by atoms with Crippen molar-refractivity contribution in [2.24, 2.45) is 0 Å². The maximum Gasteiger partial charge on any atom is 0.251 e. The van der Waals surface area contributed by atoms with Crippen molar-refractivity contribution in [2.75, 3.05) is 18.9 Å². The molecule has 1 atom stereocenters. The lowest BCUT2D eigenvalue weighted by molar-refractivity contribution is -0.130. The van der Waals surface area contributed by atoms with Gasteiger partial charge in [0.1, 0.15) is 0 Å². The van der Waals surface area contributed by atoms with Crippen LogP contribution in [0.1, 0.15) is 24.2 Å². The Hall–Kier alpha value is -2.19. The number of carbonyl (C=O) groups is 1. The van der Waals surface area contributed by atoms with Crippen LogP contribution < -0.4 is 5.56 Å². The molecule has 1 aliphatic rings. The summed E-state index contributed by atoms with van der Waals surface area (Å²) in [6.07, 6.45) is 3.79. The molecule has 3 heterocycles. The summed E-state index contributed by atoms with van der Waals surface area (Å²) < 4.78 is 5.68. The first-order chi connectivity index (χ1) is 12.6. The molecule has 1 saturated heterocycles. The van der Waals surface area contributed by atoms with Crippen molar-refractivity contribution in [3.8, 4) is 0 Å². The Morgan fingerprint density at radius 3 is 3.04 bits per heavy atom. The first kappa shape index (κ1) is 18.6. The first-order valence-electron chi connectivity index (χ1n) is 8.60. The molecule has 2 aromatic rings. The van der Waals surface area contributed by atoms with Gasteiger partial charge in [-0.15, -0.1) is 0 Å². The van der Waals surface area contributed by atoms with E-state index in [1.54, 1.807) is 18.0 Å². The van der Waals surface area contributed by atoms with Gasteiger partial charge in [-0.3, -0.25) is 14.6 Å². The van der Waals surface area contributed by atoms with E-state index in [9.17, 15) is 9.59 Å². The van der Waals surface area contributed by atoms with Crippen molar-refractivity contribution in [3.63, 3.8) is 0 Å². The van der Waals surface area contributed by atoms with Crippen LogP contribution in [-0.2, 0) is 16.1 Å². The molecule has 1 fully saturated rings. The van der Waals surface area contributed by atoms with Crippen LogP contribution in [0.4, 0.5) is 0 Å². The quantitative estimate of drug-likeness (QED) is 0.587. The van der Waals surface area contributed by atoms with Gasteiger partial charge in [0.05, 0.1) is 24.1 Å².